The number of hydrogen-bond acceptors (Lipinski definition) is 2. The monoisotopic (exact) mass is 157 g/mol. The first-order chi connectivity index (χ1) is 5.22. The largest absolute Gasteiger partial charge is 0.384 e. The van der Waals surface area contributed by atoms with Crippen molar-refractivity contribution < 1.29 is 4.74 Å². The molecule has 2 nitrogen and oxygen atoms in total. The second-order valence-electron chi connectivity index (χ2n) is 3.81. The molecule has 0 unspecified atom stereocenters. The van der Waals surface area contributed by atoms with Crippen LogP contribution in [-0.4, -0.2) is 25.8 Å². The minimum atomic E-state index is 0.628. The second-order valence-corrected chi connectivity index (χ2v) is 3.81. The van der Waals surface area contributed by atoms with Crippen molar-refractivity contribution in [2.24, 2.45) is 5.92 Å². The molecule has 66 valence electrons. The molecule has 1 N–H and O–H groups in total. The normalized spacial score (nSPS) is 30.5. The summed E-state index contributed by atoms with van der Waals surface area (Å²) in [5.41, 5.74) is 0. The molecule has 0 bridgehead atoms. The van der Waals surface area contributed by atoms with Crippen LogP contribution in [-0.2, 0) is 4.74 Å². The van der Waals surface area contributed by atoms with E-state index in [1.807, 2.05) is 0 Å². The Morgan fingerprint density at radius 1 is 1.45 bits per heavy atom. The standard InChI is InChI=1S/C9H19NO/c1-7(2)10-9-4-8(5-9)6-11-3/h7-10H,4-6H2,1-3H3/t8-,9-. The van der Waals surface area contributed by atoms with Gasteiger partial charge in [0, 0.05) is 25.8 Å². The molecule has 1 aliphatic carbocycles. The van der Waals surface area contributed by atoms with Crippen LogP contribution in [0.25, 0.3) is 0 Å². The first-order valence-electron chi connectivity index (χ1n) is 4.47. The summed E-state index contributed by atoms with van der Waals surface area (Å²) in [5, 5.41) is 3.51. The Hall–Kier alpha value is -0.0800. The smallest absolute Gasteiger partial charge is 0.0491 e. The molecule has 0 aliphatic heterocycles. The fourth-order valence-electron chi connectivity index (χ4n) is 1.71. The third-order valence-corrected chi connectivity index (χ3v) is 2.21. The van der Waals surface area contributed by atoms with E-state index in [0.717, 1.165) is 18.6 Å². The first-order valence-corrected chi connectivity index (χ1v) is 4.47. The van der Waals surface area contributed by atoms with Gasteiger partial charge in [0.15, 0.2) is 0 Å². The van der Waals surface area contributed by atoms with Crippen LogP contribution in [0.5, 0.6) is 0 Å². The predicted molar refractivity (Wildman–Crippen MR) is 46.7 cm³/mol. The summed E-state index contributed by atoms with van der Waals surface area (Å²) in [6, 6.07) is 1.39. The molecule has 1 saturated carbocycles. The van der Waals surface area contributed by atoms with Crippen LogP contribution in [0.4, 0.5) is 0 Å². The summed E-state index contributed by atoms with van der Waals surface area (Å²) in [4.78, 5) is 0. The number of methoxy groups -OCH3 is 1. The van der Waals surface area contributed by atoms with Crippen molar-refractivity contribution in [3.63, 3.8) is 0 Å². The third-order valence-electron chi connectivity index (χ3n) is 2.21. The van der Waals surface area contributed by atoms with Crippen LogP contribution in [0.1, 0.15) is 26.7 Å². The predicted octanol–water partition coefficient (Wildman–Crippen LogP) is 1.41. The fraction of sp³-hybridized carbons (Fsp3) is 1.00. The minimum Gasteiger partial charge on any atom is -0.384 e. The van der Waals surface area contributed by atoms with Crippen LogP contribution in [0.15, 0.2) is 0 Å². The van der Waals surface area contributed by atoms with Crippen LogP contribution in [0.3, 0.4) is 0 Å². The molecule has 0 saturated heterocycles. The molecule has 0 heterocycles. The van der Waals surface area contributed by atoms with Gasteiger partial charge in [-0.2, -0.15) is 0 Å². The highest BCUT2D eigenvalue weighted by atomic mass is 16.5. The fourth-order valence-corrected chi connectivity index (χ4v) is 1.71. The summed E-state index contributed by atoms with van der Waals surface area (Å²) in [6.45, 7) is 5.34. The summed E-state index contributed by atoms with van der Waals surface area (Å²) < 4.78 is 5.07. The maximum Gasteiger partial charge on any atom is 0.0491 e. The Bertz CT molecular complexity index is 108. The van der Waals surface area contributed by atoms with Crippen LogP contribution in [0.2, 0.25) is 0 Å². The number of hydrogen-bond donors (Lipinski definition) is 1. The summed E-state index contributed by atoms with van der Waals surface area (Å²) in [7, 11) is 1.78. The van der Waals surface area contributed by atoms with E-state index in [4.69, 9.17) is 4.74 Å². The van der Waals surface area contributed by atoms with Crippen molar-refractivity contribution in [1.29, 1.82) is 0 Å². The Kier molecular flexibility index (Phi) is 3.34. The molecule has 1 rings (SSSR count). The minimum absolute atomic E-state index is 0.628. The van der Waals surface area contributed by atoms with E-state index < -0.39 is 0 Å². The topological polar surface area (TPSA) is 21.3 Å². The molecule has 1 aliphatic rings. The summed E-state index contributed by atoms with van der Waals surface area (Å²) >= 11 is 0. The first kappa shape index (κ1) is 9.01. The molecule has 0 aromatic carbocycles. The molecule has 0 amide bonds. The highest BCUT2D eigenvalue weighted by Crippen LogP contribution is 2.27. The molecule has 0 aromatic rings. The van der Waals surface area contributed by atoms with E-state index >= 15 is 0 Å². The SMILES string of the molecule is COC[C@H]1C[C@H](NC(C)C)C1. The van der Waals surface area contributed by atoms with Crippen molar-refractivity contribution in [2.75, 3.05) is 13.7 Å². The van der Waals surface area contributed by atoms with Gasteiger partial charge in [-0.1, -0.05) is 13.8 Å². The quantitative estimate of drug-likeness (QED) is 0.666. The summed E-state index contributed by atoms with van der Waals surface area (Å²) in [6.07, 6.45) is 2.60. The lowest BCUT2D eigenvalue weighted by Crippen LogP contribution is -2.45. The van der Waals surface area contributed by atoms with Gasteiger partial charge >= 0.3 is 0 Å². The lowest BCUT2D eigenvalue weighted by atomic mass is 9.80. The van der Waals surface area contributed by atoms with Gasteiger partial charge in [0.25, 0.3) is 0 Å². The Morgan fingerprint density at radius 2 is 2.09 bits per heavy atom. The van der Waals surface area contributed by atoms with Crippen molar-refractivity contribution in [1.82, 2.24) is 5.32 Å². The lowest BCUT2D eigenvalue weighted by Gasteiger charge is -2.36. The van der Waals surface area contributed by atoms with Crippen LogP contribution in [0, 0.1) is 5.92 Å². The molecule has 0 atom stereocenters. The highest BCUT2D eigenvalue weighted by Gasteiger charge is 2.28. The maximum atomic E-state index is 5.07. The van der Waals surface area contributed by atoms with E-state index in [1.54, 1.807) is 7.11 Å². The molecule has 11 heavy (non-hydrogen) atoms. The molecular formula is C9H19NO. The summed E-state index contributed by atoms with van der Waals surface area (Å²) in [5.74, 6) is 0.816. The van der Waals surface area contributed by atoms with E-state index in [-0.39, 0.29) is 0 Å². The van der Waals surface area contributed by atoms with Crippen molar-refractivity contribution in [2.45, 2.75) is 38.8 Å². The zero-order valence-corrected chi connectivity index (χ0v) is 7.76. The molecule has 2 heteroatoms. The highest BCUT2D eigenvalue weighted by molar-refractivity contribution is 4.85. The van der Waals surface area contributed by atoms with Gasteiger partial charge in [-0.15, -0.1) is 0 Å². The van der Waals surface area contributed by atoms with Gasteiger partial charge in [0.05, 0.1) is 0 Å². The Balaban J connectivity index is 2.00. The molecular weight excluding hydrogens is 138 g/mol. The van der Waals surface area contributed by atoms with Crippen molar-refractivity contribution >= 4 is 0 Å². The van der Waals surface area contributed by atoms with E-state index in [0.29, 0.717) is 6.04 Å². The van der Waals surface area contributed by atoms with E-state index in [1.165, 1.54) is 12.8 Å². The Morgan fingerprint density at radius 3 is 2.55 bits per heavy atom. The number of ether oxygens (including phenoxy) is 1. The van der Waals surface area contributed by atoms with Gasteiger partial charge in [0.2, 0.25) is 0 Å². The molecule has 0 radical (unpaired) electrons. The van der Waals surface area contributed by atoms with Gasteiger partial charge in [-0.3, -0.25) is 0 Å². The van der Waals surface area contributed by atoms with Gasteiger partial charge in [0.1, 0.15) is 0 Å². The zero-order valence-electron chi connectivity index (χ0n) is 7.76. The average molecular weight is 157 g/mol. The van der Waals surface area contributed by atoms with Crippen molar-refractivity contribution in [3.8, 4) is 0 Å². The number of rotatable bonds is 4. The number of nitrogens with one attached hydrogen (secondary N) is 1. The Labute approximate surface area is 69.3 Å². The van der Waals surface area contributed by atoms with Crippen molar-refractivity contribution in [3.05, 3.63) is 0 Å². The average Bonchev–Trinajstić information content (AvgIpc) is 1.82. The molecule has 1 fully saturated rings. The zero-order chi connectivity index (χ0) is 8.27. The maximum absolute atomic E-state index is 5.07. The van der Waals surface area contributed by atoms with Crippen LogP contribution < -0.4 is 5.32 Å². The third kappa shape index (κ3) is 2.80. The van der Waals surface area contributed by atoms with E-state index in [9.17, 15) is 0 Å². The lowest BCUT2D eigenvalue weighted by molar-refractivity contribution is 0.0859. The second kappa shape index (κ2) is 4.07. The van der Waals surface area contributed by atoms with Crippen LogP contribution >= 0.6 is 0 Å². The molecule has 0 aromatic heterocycles. The molecule has 0 spiro atoms. The van der Waals surface area contributed by atoms with Gasteiger partial charge in [-0.25, -0.2) is 0 Å². The van der Waals surface area contributed by atoms with Gasteiger partial charge in [-0.05, 0) is 18.8 Å². The van der Waals surface area contributed by atoms with E-state index in [2.05, 4.69) is 19.2 Å². The van der Waals surface area contributed by atoms with Gasteiger partial charge < -0.3 is 10.1 Å².